The molecule has 1 heterocycles. The molecule has 0 spiro atoms. The molecular formula is C24H25N3O4S. The van der Waals surface area contributed by atoms with E-state index in [2.05, 4.69) is 15.0 Å². The first kappa shape index (κ1) is 22.0. The van der Waals surface area contributed by atoms with E-state index in [-0.39, 0.29) is 10.8 Å². The second-order valence-electron chi connectivity index (χ2n) is 7.80. The maximum Gasteiger partial charge on any atom is 0.251 e. The van der Waals surface area contributed by atoms with Crippen LogP contribution in [0.3, 0.4) is 0 Å². The molecule has 0 bridgehead atoms. The quantitative estimate of drug-likeness (QED) is 0.493. The van der Waals surface area contributed by atoms with Crippen LogP contribution in [0.1, 0.15) is 34.3 Å². The molecule has 0 unspecified atom stereocenters. The van der Waals surface area contributed by atoms with Crippen molar-refractivity contribution < 1.29 is 17.9 Å². The Morgan fingerprint density at radius 3 is 2.56 bits per heavy atom. The Balaban J connectivity index is 1.30. The Hall–Kier alpha value is -3.23. The van der Waals surface area contributed by atoms with E-state index in [1.807, 2.05) is 36.4 Å². The van der Waals surface area contributed by atoms with E-state index >= 15 is 0 Å². The molecule has 0 saturated heterocycles. The summed E-state index contributed by atoms with van der Waals surface area (Å²) in [6.45, 7) is 1.19. The van der Waals surface area contributed by atoms with Crippen molar-refractivity contribution in [1.29, 1.82) is 0 Å². The third-order valence-electron chi connectivity index (χ3n) is 5.17. The summed E-state index contributed by atoms with van der Waals surface area (Å²) in [5.41, 5.74) is 2.19. The van der Waals surface area contributed by atoms with Crippen LogP contribution in [0.5, 0.6) is 5.75 Å². The van der Waals surface area contributed by atoms with Gasteiger partial charge in [0, 0.05) is 36.6 Å². The number of nitrogens with one attached hydrogen (secondary N) is 2. The van der Waals surface area contributed by atoms with Crippen LogP contribution < -0.4 is 14.8 Å². The average molecular weight is 452 g/mol. The molecule has 1 aliphatic carbocycles. The number of carbonyl (C=O) groups excluding carboxylic acids is 1. The molecule has 2 aromatic carbocycles. The maximum atomic E-state index is 12.5. The number of hydrogen-bond acceptors (Lipinski definition) is 5. The molecule has 1 saturated carbocycles. The van der Waals surface area contributed by atoms with Crippen LogP contribution in [0.2, 0.25) is 0 Å². The number of carbonyl (C=O) groups is 1. The van der Waals surface area contributed by atoms with Gasteiger partial charge in [-0.3, -0.25) is 9.78 Å². The van der Waals surface area contributed by atoms with Crippen LogP contribution >= 0.6 is 0 Å². The van der Waals surface area contributed by atoms with Gasteiger partial charge in [-0.25, -0.2) is 13.1 Å². The fourth-order valence-corrected chi connectivity index (χ4v) is 4.24. The first-order valence-electron chi connectivity index (χ1n) is 10.5. The highest BCUT2D eigenvalue weighted by molar-refractivity contribution is 7.89. The summed E-state index contributed by atoms with van der Waals surface area (Å²) in [4.78, 5) is 16.7. The second-order valence-corrected chi connectivity index (χ2v) is 9.57. The van der Waals surface area contributed by atoms with Crippen LogP contribution in [-0.4, -0.2) is 25.9 Å². The van der Waals surface area contributed by atoms with Crippen molar-refractivity contribution in [3.63, 3.8) is 0 Å². The number of rotatable bonds is 10. The normalized spacial score (nSPS) is 13.5. The molecule has 0 atom stereocenters. The smallest absolute Gasteiger partial charge is 0.251 e. The van der Waals surface area contributed by atoms with Crippen molar-refractivity contribution in [3.8, 4) is 5.75 Å². The molecule has 4 rings (SSSR count). The minimum absolute atomic E-state index is 0.0981. The highest BCUT2D eigenvalue weighted by atomic mass is 32.2. The monoisotopic (exact) mass is 451 g/mol. The summed E-state index contributed by atoms with van der Waals surface area (Å²) in [6, 6.07) is 17.3. The Bertz CT molecular complexity index is 1160. The second kappa shape index (κ2) is 9.93. The van der Waals surface area contributed by atoms with Crippen LogP contribution in [0.25, 0.3) is 0 Å². The van der Waals surface area contributed by atoms with Crippen LogP contribution in [0.15, 0.2) is 78.0 Å². The Morgan fingerprint density at radius 2 is 1.84 bits per heavy atom. The summed E-state index contributed by atoms with van der Waals surface area (Å²) in [6.07, 6.45) is 5.59. The third kappa shape index (κ3) is 6.15. The number of aromatic nitrogens is 1. The van der Waals surface area contributed by atoms with E-state index in [1.165, 1.54) is 12.1 Å². The van der Waals surface area contributed by atoms with E-state index in [1.54, 1.807) is 24.5 Å². The predicted octanol–water partition coefficient (Wildman–Crippen LogP) is 3.28. The highest BCUT2D eigenvalue weighted by Gasteiger charge is 2.24. The summed E-state index contributed by atoms with van der Waals surface area (Å²) < 4.78 is 33.2. The van der Waals surface area contributed by atoms with Gasteiger partial charge in [-0.1, -0.05) is 24.3 Å². The minimum atomic E-state index is -3.62. The number of sulfonamides is 1. The third-order valence-corrected chi connectivity index (χ3v) is 6.59. The number of amides is 1. The van der Waals surface area contributed by atoms with Crippen LogP contribution in [0.4, 0.5) is 0 Å². The number of nitrogens with zero attached hydrogens (tertiary/aromatic N) is 1. The van der Waals surface area contributed by atoms with Crippen molar-refractivity contribution in [2.24, 2.45) is 5.92 Å². The van der Waals surface area contributed by atoms with Gasteiger partial charge in [-0.15, -0.1) is 0 Å². The lowest BCUT2D eigenvalue weighted by molar-refractivity contribution is 0.0950. The molecule has 0 aliphatic heterocycles. The molecule has 1 aromatic heterocycles. The largest absolute Gasteiger partial charge is 0.489 e. The highest BCUT2D eigenvalue weighted by Crippen LogP contribution is 2.28. The fraction of sp³-hybridized carbons (Fsp3) is 0.250. The molecule has 32 heavy (non-hydrogen) atoms. The van der Waals surface area contributed by atoms with Gasteiger partial charge >= 0.3 is 0 Å². The van der Waals surface area contributed by atoms with Crippen molar-refractivity contribution >= 4 is 15.9 Å². The molecule has 2 N–H and O–H groups in total. The Kier molecular flexibility index (Phi) is 6.82. The van der Waals surface area contributed by atoms with Gasteiger partial charge in [0.05, 0.1) is 4.90 Å². The van der Waals surface area contributed by atoms with Crippen molar-refractivity contribution in [2.45, 2.75) is 30.9 Å². The summed E-state index contributed by atoms with van der Waals surface area (Å²) in [7, 11) is -3.62. The molecule has 7 nitrogen and oxygen atoms in total. The molecule has 8 heteroatoms. The zero-order chi connectivity index (χ0) is 22.4. The van der Waals surface area contributed by atoms with Gasteiger partial charge in [0.1, 0.15) is 12.4 Å². The summed E-state index contributed by atoms with van der Waals surface area (Å²) in [5, 5.41) is 2.83. The van der Waals surface area contributed by atoms with E-state index in [0.717, 1.165) is 29.7 Å². The lowest BCUT2D eigenvalue weighted by Gasteiger charge is -2.10. The van der Waals surface area contributed by atoms with Crippen molar-refractivity contribution in [1.82, 2.24) is 15.0 Å². The zero-order valence-electron chi connectivity index (χ0n) is 17.5. The van der Waals surface area contributed by atoms with Gasteiger partial charge in [0.2, 0.25) is 10.0 Å². The predicted molar refractivity (Wildman–Crippen MR) is 121 cm³/mol. The number of hydrogen-bond donors (Lipinski definition) is 2. The first-order valence-corrected chi connectivity index (χ1v) is 12.0. The van der Waals surface area contributed by atoms with Crippen molar-refractivity contribution in [2.75, 3.05) is 6.54 Å². The molecule has 3 aromatic rings. The standard InChI is InChI=1S/C24H25N3O4S/c28-24(21-4-1-5-23(13-21)32(29,30)27-16-19-6-7-19)26-15-18-8-10-22(11-9-18)31-17-20-3-2-12-25-14-20/h1-5,8-14,19,27H,6-7,15-17H2,(H,26,28). The van der Waals surface area contributed by atoms with Gasteiger partial charge < -0.3 is 10.1 Å². The van der Waals surface area contributed by atoms with Gasteiger partial charge in [0.25, 0.3) is 5.91 Å². The van der Waals surface area contributed by atoms with E-state index in [4.69, 9.17) is 4.74 Å². The summed E-state index contributed by atoms with van der Waals surface area (Å²) >= 11 is 0. The molecular weight excluding hydrogens is 426 g/mol. The molecule has 1 aliphatic rings. The van der Waals surface area contributed by atoms with Gasteiger partial charge in [-0.2, -0.15) is 0 Å². The number of pyridine rings is 1. The molecule has 166 valence electrons. The Labute approximate surface area is 187 Å². The average Bonchev–Trinajstić information content (AvgIpc) is 3.66. The van der Waals surface area contributed by atoms with Crippen LogP contribution in [-0.2, 0) is 23.2 Å². The van der Waals surface area contributed by atoms with E-state index in [0.29, 0.717) is 31.2 Å². The topological polar surface area (TPSA) is 97.4 Å². The molecule has 1 amide bonds. The SMILES string of the molecule is O=C(NCc1ccc(OCc2cccnc2)cc1)c1cccc(S(=O)(=O)NCC2CC2)c1. The Morgan fingerprint density at radius 1 is 1.03 bits per heavy atom. The fourth-order valence-electron chi connectivity index (χ4n) is 3.08. The molecule has 0 radical (unpaired) electrons. The minimum Gasteiger partial charge on any atom is -0.489 e. The zero-order valence-corrected chi connectivity index (χ0v) is 18.3. The van der Waals surface area contributed by atoms with Crippen molar-refractivity contribution in [3.05, 3.63) is 89.7 Å². The lowest BCUT2D eigenvalue weighted by Crippen LogP contribution is -2.27. The first-order chi connectivity index (χ1) is 15.5. The lowest BCUT2D eigenvalue weighted by atomic mass is 10.2. The number of benzene rings is 2. The maximum absolute atomic E-state index is 12.5. The number of ether oxygens (including phenoxy) is 1. The van der Waals surface area contributed by atoms with Gasteiger partial charge in [0.15, 0.2) is 0 Å². The van der Waals surface area contributed by atoms with Gasteiger partial charge in [-0.05, 0) is 60.7 Å². The van der Waals surface area contributed by atoms with Crippen LogP contribution in [0, 0.1) is 5.92 Å². The van der Waals surface area contributed by atoms with E-state index < -0.39 is 10.0 Å². The van der Waals surface area contributed by atoms with E-state index in [9.17, 15) is 13.2 Å². The molecule has 1 fully saturated rings. The summed E-state index contributed by atoms with van der Waals surface area (Å²) in [5.74, 6) is 0.824.